The molecule has 2 aliphatic heterocycles. The summed E-state index contributed by atoms with van der Waals surface area (Å²) in [5.74, 6) is 1.40. The van der Waals surface area contributed by atoms with Crippen molar-refractivity contribution in [2.24, 2.45) is 5.92 Å². The van der Waals surface area contributed by atoms with Gasteiger partial charge in [-0.3, -0.25) is 9.69 Å². The maximum Gasteiger partial charge on any atom is 0.247 e. The predicted molar refractivity (Wildman–Crippen MR) is 152 cm³/mol. The van der Waals surface area contributed by atoms with Gasteiger partial charge in [0.05, 0.1) is 21.6 Å². The lowest BCUT2D eigenvalue weighted by Crippen LogP contribution is -2.78. The molecule has 1 aromatic heterocycles. The first-order valence-electron chi connectivity index (χ1n) is 13.4. The van der Waals surface area contributed by atoms with Gasteiger partial charge in [-0.2, -0.15) is 0 Å². The number of aliphatic hydroxyl groups is 1. The van der Waals surface area contributed by atoms with E-state index in [1.165, 1.54) is 24.0 Å². The van der Waals surface area contributed by atoms with E-state index in [0.29, 0.717) is 23.1 Å². The molecule has 8 heteroatoms. The lowest BCUT2D eigenvalue weighted by atomic mass is 9.48. The Hall–Kier alpha value is -1.62. The van der Waals surface area contributed by atoms with Gasteiger partial charge in [-0.15, -0.1) is 11.3 Å². The Morgan fingerprint density at radius 1 is 1.32 bits per heavy atom. The first-order valence-corrected chi connectivity index (χ1v) is 15.8. The van der Waals surface area contributed by atoms with Gasteiger partial charge < -0.3 is 19.8 Å². The number of aryl methyl sites for hydroxylation is 1. The van der Waals surface area contributed by atoms with Crippen molar-refractivity contribution < 1.29 is 19.7 Å². The monoisotopic (exact) mass is 632 g/mol. The van der Waals surface area contributed by atoms with Gasteiger partial charge in [-0.25, -0.2) is 0 Å². The number of ether oxygens (including phenoxy) is 1. The molecule has 2 N–H and O–H groups in total. The van der Waals surface area contributed by atoms with Gasteiger partial charge in [0.2, 0.25) is 5.91 Å². The molecule has 0 radical (unpaired) electrons. The highest BCUT2D eigenvalue weighted by Gasteiger charge is 2.73. The van der Waals surface area contributed by atoms with Crippen molar-refractivity contribution in [2.75, 3.05) is 17.6 Å². The van der Waals surface area contributed by atoms with Crippen LogP contribution in [0.2, 0.25) is 0 Å². The van der Waals surface area contributed by atoms with E-state index in [9.17, 15) is 15.0 Å². The second kappa shape index (κ2) is 8.69. The van der Waals surface area contributed by atoms with E-state index in [1.807, 2.05) is 17.0 Å². The highest BCUT2D eigenvalue weighted by atomic mass is 127. The topological polar surface area (TPSA) is 73.2 Å². The van der Waals surface area contributed by atoms with Crippen molar-refractivity contribution in [1.29, 1.82) is 0 Å². The SMILES string of the molecule is Cc1csc(/C=C/C(=O)N(CI)C2CC[C@@]3(O)[C@H]4Cc5ccc(O)c6c5[C@@]3(CCN4CC3CC3)[C@H]2O6)c1. The third-order valence-electron chi connectivity index (χ3n) is 9.68. The van der Waals surface area contributed by atoms with Crippen molar-refractivity contribution in [3.8, 4) is 11.5 Å². The lowest BCUT2D eigenvalue weighted by molar-refractivity contribution is -0.200. The fourth-order valence-electron chi connectivity index (χ4n) is 7.88. The van der Waals surface area contributed by atoms with Crippen LogP contribution in [0, 0.1) is 12.8 Å². The van der Waals surface area contributed by atoms with E-state index in [2.05, 4.69) is 45.9 Å². The Morgan fingerprint density at radius 2 is 2.16 bits per heavy atom. The molecule has 1 spiro atoms. The van der Waals surface area contributed by atoms with Crippen LogP contribution in [0.3, 0.4) is 0 Å². The van der Waals surface area contributed by atoms with Gasteiger partial charge in [0.25, 0.3) is 0 Å². The number of amides is 1. The molecule has 2 aromatic rings. The summed E-state index contributed by atoms with van der Waals surface area (Å²) in [6.07, 6.45) is 8.66. The highest BCUT2D eigenvalue weighted by Crippen LogP contribution is 2.66. The number of piperidine rings is 1. The van der Waals surface area contributed by atoms with Crippen LogP contribution in [0.5, 0.6) is 11.5 Å². The number of thiophene rings is 1. The molecule has 1 saturated heterocycles. The fraction of sp³-hybridized carbons (Fsp3) is 0.552. The molecule has 2 bridgehead atoms. The number of phenols is 1. The van der Waals surface area contributed by atoms with E-state index >= 15 is 0 Å². The maximum atomic E-state index is 13.5. The van der Waals surface area contributed by atoms with Crippen LogP contribution < -0.4 is 4.74 Å². The molecule has 1 aromatic carbocycles. The zero-order chi connectivity index (χ0) is 25.5. The van der Waals surface area contributed by atoms with Crippen molar-refractivity contribution >= 4 is 45.9 Å². The van der Waals surface area contributed by atoms with Gasteiger partial charge in [0.1, 0.15) is 6.10 Å². The van der Waals surface area contributed by atoms with Crippen molar-refractivity contribution in [3.63, 3.8) is 0 Å². The fourth-order valence-corrected chi connectivity index (χ4v) is 9.51. The van der Waals surface area contributed by atoms with E-state index in [1.54, 1.807) is 23.5 Å². The number of nitrogens with zero attached hydrogens (tertiary/aromatic N) is 2. The van der Waals surface area contributed by atoms with Crippen LogP contribution in [-0.4, -0.2) is 67.3 Å². The zero-order valence-electron chi connectivity index (χ0n) is 21.0. The number of phenolic OH excluding ortho intramolecular Hbond substituents is 1. The van der Waals surface area contributed by atoms with E-state index in [-0.39, 0.29) is 29.8 Å². The van der Waals surface area contributed by atoms with Gasteiger partial charge in [0.15, 0.2) is 11.5 Å². The number of hydrogen-bond acceptors (Lipinski definition) is 6. The second-order valence-electron chi connectivity index (χ2n) is 11.7. The minimum Gasteiger partial charge on any atom is -0.504 e. The molecule has 6 nitrogen and oxygen atoms in total. The average molecular weight is 633 g/mol. The molecule has 3 aliphatic carbocycles. The number of benzene rings is 1. The third-order valence-corrected chi connectivity index (χ3v) is 11.4. The Bertz CT molecular complexity index is 1290. The summed E-state index contributed by atoms with van der Waals surface area (Å²) >= 11 is 3.91. The van der Waals surface area contributed by atoms with Crippen LogP contribution in [-0.2, 0) is 16.6 Å². The minimum atomic E-state index is -0.933. The summed E-state index contributed by atoms with van der Waals surface area (Å²) in [5.41, 5.74) is 1.85. The van der Waals surface area contributed by atoms with Crippen LogP contribution in [0.1, 0.15) is 53.7 Å². The van der Waals surface area contributed by atoms with Crippen LogP contribution in [0.4, 0.5) is 0 Å². The Kier molecular flexibility index (Phi) is 5.74. The molecular weight excluding hydrogens is 599 g/mol. The Balaban J connectivity index is 1.27. The number of rotatable bonds is 6. The quantitative estimate of drug-likeness (QED) is 0.211. The molecule has 1 amide bonds. The van der Waals surface area contributed by atoms with Gasteiger partial charge in [-0.05, 0) is 92.6 Å². The summed E-state index contributed by atoms with van der Waals surface area (Å²) in [6, 6.07) is 5.73. The van der Waals surface area contributed by atoms with Crippen LogP contribution in [0.15, 0.2) is 29.7 Å². The van der Waals surface area contributed by atoms with Crippen molar-refractivity contribution in [3.05, 3.63) is 51.2 Å². The summed E-state index contributed by atoms with van der Waals surface area (Å²) in [4.78, 5) is 19.1. The number of aromatic hydroxyl groups is 1. The third kappa shape index (κ3) is 3.51. The van der Waals surface area contributed by atoms with E-state index in [4.69, 9.17) is 4.74 Å². The molecular formula is C29H33IN2O4S. The number of alkyl halides is 1. The summed E-state index contributed by atoms with van der Waals surface area (Å²) < 4.78 is 7.20. The molecule has 2 saturated carbocycles. The van der Waals surface area contributed by atoms with Crippen molar-refractivity contribution in [2.45, 2.75) is 74.7 Å². The molecule has 1 unspecified atom stereocenters. The molecule has 37 heavy (non-hydrogen) atoms. The smallest absolute Gasteiger partial charge is 0.247 e. The van der Waals surface area contributed by atoms with Gasteiger partial charge in [0, 0.05) is 29.1 Å². The van der Waals surface area contributed by atoms with E-state index in [0.717, 1.165) is 42.3 Å². The average Bonchev–Trinajstić information content (AvgIpc) is 3.48. The summed E-state index contributed by atoms with van der Waals surface area (Å²) in [5, 5.41) is 25.6. The number of carbonyl (C=O) groups excluding carboxylic acids is 1. The Morgan fingerprint density at radius 3 is 2.89 bits per heavy atom. The largest absolute Gasteiger partial charge is 0.504 e. The van der Waals surface area contributed by atoms with E-state index < -0.39 is 11.0 Å². The number of carbonyl (C=O) groups is 1. The van der Waals surface area contributed by atoms with Gasteiger partial charge >= 0.3 is 0 Å². The molecule has 196 valence electrons. The molecule has 7 rings (SSSR count). The maximum absolute atomic E-state index is 13.5. The first-order chi connectivity index (χ1) is 17.9. The van der Waals surface area contributed by atoms with Crippen molar-refractivity contribution in [1.82, 2.24) is 9.80 Å². The Labute approximate surface area is 235 Å². The van der Waals surface area contributed by atoms with Gasteiger partial charge in [-0.1, -0.05) is 28.7 Å². The number of hydrogen-bond donors (Lipinski definition) is 2. The standard InChI is InChI=1S/C29H33IN2O4S/c1-17-12-20(37-15-17)5-7-24(34)32(16-30)21-8-9-29(35)23-13-19-4-6-22(33)26-25(19)28(29,27(21)36-26)10-11-31(23)14-18-2-3-18/h4-7,12,15,18,21,23,27,33,35H,2-3,8-11,13-14,16H2,1H3/b7-5+/t21?,23-,27+,28+,29-/m1/s1. The second-order valence-corrected chi connectivity index (χ2v) is 13.3. The normalized spacial score (nSPS) is 33.9. The number of likely N-dealkylation sites (tertiary alicyclic amines) is 1. The number of halogens is 1. The lowest BCUT2D eigenvalue weighted by Gasteiger charge is -2.64. The first kappa shape index (κ1) is 24.4. The zero-order valence-corrected chi connectivity index (χ0v) is 24.0. The predicted octanol–water partition coefficient (Wildman–Crippen LogP) is 4.63. The minimum absolute atomic E-state index is 0.0326. The molecule has 5 aliphatic rings. The molecule has 5 atom stereocenters. The van der Waals surface area contributed by atoms with Crippen LogP contribution in [0.25, 0.3) is 6.08 Å². The van der Waals surface area contributed by atoms with Crippen LogP contribution >= 0.6 is 33.9 Å². The summed E-state index contributed by atoms with van der Waals surface area (Å²) in [7, 11) is 0. The molecule has 3 heterocycles. The summed E-state index contributed by atoms with van der Waals surface area (Å²) in [6.45, 7) is 4.03. The highest BCUT2D eigenvalue weighted by molar-refractivity contribution is 14.1. The molecule has 3 fully saturated rings.